The first-order valence-corrected chi connectivity index (χ1v) is 9.28. The van der Waals surface area contributed by atoms with Gasteiger partial charge in [-0.05, 0) is 56.6 Å². The molecule has 0 saturated carbocycles. The van der Waals surface area contributed by atoms with Gasteiger partial charge in [0.2, 0.25) is 11.8 Å². The Bertz CT molecular complexity index is 655. The molecule has 0 aliphatic carbocycles. The van der Waals surface area contributed by atoms with Crippen molar-refractivity contribution in [2.75, 3.05) is 38.1 Å². The Morgan fingerprint density at radius 1 is 1.36 bits per heavy atom. The highest BCUT2D eigenvalue weighted by molar-refractivity contribution is 9.10. The number of nitrogens with zero attached hydrogens (tertiary/aromatic N) is 2. The second-order valence-corrected chi connectivity index (χ2v) is 7.69. The number of nitrogens with one attached hydrogen (secondary N) is 1. The standard InChI is InChI=1S/C18H24BrN3O2.ClH/c1-12-7-15(3-4-16(12)19)22-11-14(8-17(22)23)18(24)21-6-5-13(10-21)9-20-2;/h3-4,7,13-14,20H,5-6,8-11H2,1-2H3;1H. The van der Waals surface area contributed by atoms with E-state index in [9.17, 15) is 9.59 Å². The predicted octanol–water partition coefficient (Wildman–Crippen LogP) is 2.60. The van der Waals surface area contributed by atoms with Gasteiger partial charge in [-0.2, -0.15) is 0 Å². The molecule has 2 unspecified atom stereocenters. The normalized spacial score (nSPS) is 23.1. The fraction of sp³-hybridized carbons (Fsp3) is 0.556. The van der Waals surface area contributed by atoms with Gasteiger partial charge in [-0.15, -0.1) is 12.4 Å². The van der Waals surface area contributed by atoms with E-state index in [-0.39, 0.29) is 30.1 Å². The maximum Gasteiger partial charge on any atom is 0.228 e. The predicted molar refractivity (Wildman–Crippen MR) is 105 cm³/mol. The molecule has 7 heteroatoms. The van der Waals surface area contributed by atoms with Gasteiger partial charge in [0.15, 0.2) is 0 Å². The smallest absolute Gasteiger partial charge is 0.228 e. The number of rotatable bonds is 4. The van der Waals surface area contributed by atoms with Crippen LogP contribution >= 0.6 is 28.3 Å². The number of anilines is 1. The molecule has 0 aromatic heterocycles. The van der Waals surface area contributed by atoms with Crippen LogP contribution in [0, 0.1) is 18.8 Å². The van der Waals surface area contributed by atoms with Gasteiger partial charge < -0.3 is 15.1 Å². The molecule has 1 aromatic carbocycles. The second-order valence-electron chi connectivity index (χ2n) is 6.84. The van der Waals surface area contributed by atoms with Gasteiger partial charge in [0.1, 0.15) is 0 Å². The number of likely N-dealkylation sites (tertiary alicyclic amines) is 1. The van der Waals surface area contributed by atoms with E-state index in [1.807, 2.05) is 37.1 Å². The number of carbonyl (C=O) groups excluding carboxylic acids is 2. The Morgan fingerprint density at radius 2 is 2.12 bits per heavy atom. The molecule has 1 aromatic rings. The summed E-state index contributed by atoms with van der Waals surface area (Å²) in [6.07, 6.45) is 1.37. The lowest BCUT2D eigenvalue weighted by atomic mass is 10.1. The molecule has 2 amide bonds. The highest BCUT2D eigenvalue weighted by Crippen LogP contribution is 2.30. The summed E-state index contributed by atoms with van der Waals surface area (Å²) < 4.78 is 1.03. The maximum absolute atomic E-state index is 12.8. The molecule has 1 N–H and O–H groups in total. The summed E-state index contributed by atoms with van der Waals surface area (Å²) in [6, 6.07) is 5.88. The molecule has 2 fully saturated rings. The van der Waals surface area contributed by atoms with Crippen molar-refractivity contribution < 1.29 is 9.59 Å². The van der Waals surface area contributed by atoms with Gasteiger partial charge in [-0.1, -0.05) is 15.9 Å². The zero-order chi connectivity index (χ0) is 17.3. The third-order valence-electron chi connectivity index (χ3n) is 5.02. The van der Waals surface area contributed by atoms with Crippen LogP contribution in [0.3, 0.4) is 0 Å². The summed E-state index contributed by atoms with van der Waals surface area (Å²) in [5, 5.41) is 3.18. The topological polar surface area (TPSA) is 52.7 Å². The molecule has 5 nitrogen and oxygen atoms in total. The molecule has 2 aliphatic heterocycles. The van der Waals surface area contributed by atoms with Crippen LogP contribution in [-0.2, 0) is 9.59 Å². The van der Waals surface area contributed by atoms with E-state index in [4.69, 9.17) is 0 Å². The fourth-order valence-electron chi connectivity index (χ4n) is 3.67. The number of carbonyl (C=O) groups is 2. The molecule has 2 saturated heterocycles. The number of benzene rings is 1. The molecule has 25 heavy (non-hydrogen) atoms. The van der Waals surface area contributed by atoms with E-state index < -0.39 is 0 Å². The van der Waals surface area contributed by atoms with E-state index in [1.54, 1.807) is 4.90 Å². The SMILES string of the molecule is CNCC1CCN(C(=O)C2CC(=O)N(c3ccc(Br)c(C)c3)C2)C1.Cl. The average molecular weight is 431 g/mol. The van der Waals surface area contributed by atoms with Crippen LogP contribution in [0.25, 0.3) is 0 Å². The Morgan fingerprint density at radius 3 is 2.80 bits per heavy atom. The lowest BCUT2D eigenvalue weighted by Gasteiger charge is -2.21. The van der Waals surface area contributed by atoms with E-state index in [0.29, 0.717) is 18.9 Å². The van der Waals surface area contributed by atoms with Gasteiger partial charge in [0.25, 0.3) is 0 Å². The van der Waals surface area contributed by atoms with Gasteiger partial charge in [-0.3, -0.25) is 9.59 Å². The fourth-order valence-corrected chi connectivity index (χ4v) is 3.91. The van der Waals surface area contributed by atoms with E-state index in [1.165, 1.54) is 0 Å². The van der Waals surface area contributed by atoms with Crippen molar-refractivity contribution in [2.45, 2.75) is 19.8 Å². The molecule has 2 atom stereocenters. The van der Waals surface area contributed by atoms with Crippen molar-refractivity contribution in [1.82, 2.24) is 10.2 Å². The van der Waals surface area contributed by atoms with Crippen LogP contribution in [0.5, 0.6) is 0 Å². The van der Waals surface area contributed by atoms with Crippen molar-refractivity contribution in [3.05, 3.63) is 28.2 Å². The first-order chi connectivity index (χ1) is 11.5. The van der Waals surface area contributed by atoms with Gasteiger partial charge in [0.05, 0.1) is 5.92 Å². The highest BCUT2D eigenvalue weighted by atomic mass is 79.9. The maximum atomic E-state index is 12.8. The average Bonchev–Trinajstić information content (AvgIpc) is 3.17. The van der Waals surface area contributed by atoms with E-state index >= 15 is 0 Å². The summed E-state index contributed by atoms with van der Waals surface area (Å²) >= 11 is 3.48. The summed E-state index contributed by atoms with van der Waals surface area (Å²) in [5.41, 5.74) is 1.97. The summed E-state index contributed by atoms with van der Waals surface area (Å²) in [7, 11) is 1.94. The molecule has 138 valence electrons. The molecule has 0 radical (unpaired) electrons. The lowest BCUT2D eigenvalue weighted by molar-refractivity contribution is -0.134. The zero-order valence-corrected chi connectivity index (χ0v) is 17.0. The van der Waals surface area contributed by atoms with Crippen LogP contribution in [-0.4, -0.2) is 49.9 Å². The molecule has 2 heterocycles. The first-order valence-electron chi connectivity index (χ1n) is 8.49. The van der Waals surface area contributed by atoms with Crippen molar-refractivity contribution >= 4 is 45.8 Å². The largest absolute Gasteiger partial charge is 0.342 e. The molecular formula is C18H25BrClN3O2. The first kappa shape index (κ1) is 20.2. The zero-order valence-electron chi connectivity index (χ0n) is 14.6. The highest BCUT2D eigenvalue weighted by Gasteiger charge is 2.39. The second kappa shape index (κ2) is 8.52. The number of amides is 2. The Balaban J connectivity index is 0.00000225. The molecule has 3 rings (SSSR count). The molecule has 0 spiro atoms. The van der Waals surface area contributed by atoms with Crippen molar-refractivity contribution in [2.24, 2.45) is 11.8 Å². The van der Waals surface area contributed by atoms with Crippen molar-refractivity contribution in [1.29, 1.82) is 0 Å². The van der Waals surface area contributed by atoms with Crippen LogP contribution < -0.4 is 10.2 Å². The van der Waals surface area contributed by atoms with Crippen LogP contribution in [0.2, 0.25) is 0 Å². The number of halogens is 2. The molecular weight excluding hydrogens is 406 g/mol. The van der Waals surface area contributed by atoms with Crippen molar-refractivity contribution in [3.8, 4) is 0 Å². The Labute approximate surface area is 163 Å². The van der Waals surface area contributed by atoms with Crippen molar-refractivity contribution in [3.63, 3.8) is 0 Å². The Hall–Kier alpha value is -1.11. The monoisotopic (exact) mass is 429 g/mol. The van der Waals surface area contributed by atoms with Crippen LogP contribution in [0.1, 0.15) is 18.4 Å². The third-order valence-corrected chi connectivity index (χ3v) is 5.91. The summed E-state index contributed by atoms with van der Waals surface area (Å²) in [4.78, 5) is 28.9. The Kier molecular flexibility index (Phi) is 6.88. The minimum atomic E-state index is -0.213. The van der Waals surface area contributed by atoms with Gasteiger partial charge in [0, 0.05) is 36.2 Å². The summed E-state index contributed by atoms with van der Waals surface area (Å²) in [5.74, 6) is 0.496. The number of aryl methyl sites for hydroxylation is 1. The van der Waals surface area contributed by atoms with E-state index in [0.717, 1.165) is 41.8 Å². The van der Waals surface area contributed by atoms with Gasteiger partial charge in [-0.25, -0.2) is 0 Å². The minimum Gasteiger partial charge on any atom is -0.342 e. The van der Waals surface area contributed by atoms with E-state index in [2.05, 4.69) is 21.2 Å². The summed E-state index contributed by atoms with van der Waals surface area (Å²) in [6.45, 7) is 5.06. The molecule has 2 aliphatic rings. The van der Waals surface area contributed by atoms with Gasteiger partial charge >= 0.3 is 0 Å². The van der Waals surface area contributed by atoms with Crippen LogP contribution in [0.4, 0.5) is 5.69 Å². The quantitative estimate of drug-likeness (QED) is 0.799. The molecule has 0 bridgehead atoms. The number of hydrogen-bond acceptors (Lipinski definition) is 3. The minimum absolute atomic E-state index is 0. The van der Waals surface area contributed by atoms with Crippen LogP contribution in [0.15, 0.2) is 22.7 Å². The lowest BCUT2D eigenvalue weighted by Crippen LogP contribution is -2.36. The number of hydrogen-bond donors (Lipinski definition) is 1. The third kappa shape index (κ3) is 4.36.